The number of hydrogen-bond acceptors (Lipinski definition) is 2. The lowest BCUT2D eigenvalue weighted by molar-refractivity contribution is -0.139. The molecule has 0 spiro atoms. The molecule has 3 atom stereocenters. The third-order valence-corrected chi connectivity index (χ3v) is 2.50. The molecule has 4 heteroatoms. The number of hydrogen-bond donors (Lipinski definition) is 2. The number of rotatable bonds is 4. The number of carbonyl (C=O) groups is 2. The first-order valence-electron chi connectivity index (χ1n) is 4.02. The van der Waals surface area contributed by atoms with Crippen LogP contribution in [0.15, 0.2) is 0 Å². The van der Waals surface area contributed by atoms with E-state index in [2.05, 4.69) is 0 Å². The summed E-state index contributed by atoms with van der Waals surface area (Å²) in [6.45, 7) is 1.89. The van der Waals surface area contributed by atoms with Crippen molar-refractivity contribution < 1.29 is 19.8 Å². The fourth-order valence-electron chi connectivity index (χ4n) is 1.85. The molecule has 68 valence electrons. The Kier molecular flexibility index (Phi) is 2.35. The molecule has 0 saturated heterocycles. The van der Waals surface area contributed by atoms with Crippen molar-refractivity contribution in [3.63, 3.8) is 0 Å². The van der Waals surface area contributed by atoms with E-state index in [9.17, 15) is 9.59 Å². The highest BCUT2D eigenvalue weighted by Gasteiger charge is 2.54. The maximum Gasteiger partial charge on any atom is 0.307 e. The Labute approximate surface area is 70.2 Å². The molecule has 2 N–H and O–H groups in total. The highest BCUT2D eigenvalue weighted by atomic mass is 16.4. The van der Waals surface area contributed by atoms with Crippen molar-refractivity contribution in [1.82, 2.24) is 0 Å². The average Bonchev–Trinajstić information content (AvgIpc) is 2.60. The molecule has 1 fully saturated rings. The minimum atomic E-state index is -0.901. The van der Waals surface area contributed by atoms with E-state index in [-0.39, 0.29) is 18.3 Å². The Balaban J connectivity index is 2.47. The van der Waals surface area contributed by atoms with Gasteiger partial charge in [0.25, 0.3) is 0 Å². The van der Waals surface area contributed by atoms with Gasteiger partial charge in [0.05, 0.1) is 5.92 Å². The van der Waals surface area contributed by atoms with Gasteiger partial charge in [0.2, 0.25) is 0 Å². The van der Waals surface area contributed by atoms with Crippen molar-refractivity contribution in [2.75, 3.05) is 0 Å². The molecule has 1 rings (SSSR count). The second kappa shape index (κ2) is 3.13. The van der Waals surface area contributed by atoms with Gasteiger partial charge >= 0.3 is 11.9 Å². The third-order valence-electron chi connectivity index (χ3n) is 2.50. The van der Waals surface area contributed by atoms with E-state index >= 15 is 0 Å². The van der Waals surface area contributed by atoms with Gasteiger partial charge in [-0.05, 0) is 11.8 Å². The van der Waals surface area contributed by atoms with E-state index in [1.165, 1.54) is 0 Å². The normalized spacial score (nSPS) is 32.9. The predicted octanol–water partition coefficient (Wildman–Crippen LogP) is 0.818. The first-order valence-corrected chi connectivity index (χ1v) is 4.02. The molecule has 0 radical (unpaired) electrons. The molecular weight excluding hydrogens is 160 g/mol. The van der Waals surface area contributed by atoms with Crippen molar-refractivity contribution >= 4 is 11.9 Å². The molecule has 1 saturated carbocycles. The zero-order valence-electron chi connectivity index (χ0n) is 6.86. The van der Waals surface area contributed by atoms with E-state index in [4.69, 9.17) is 10.2 Å². The molecule has 4 nitrogen and oxygen atoms in total. The summed E-state index contributed by atoms with van der Waals surface area (Å²) in [6.07, 6.45) is 0.754. The van der Waals surface area contributed by atoms with Crippen molar-refractivity contribution in [3.8, 4) is 0 Å². The maximum atomic E-state index is 10.5. The number of carboxylic acid groups (broad SMARTS) is 2. The Morgan fingerprint density at radius 2 is 1.83 bits per heavy atom. The van der Waals surface area contributed by atoms with Crippen LogP contribution in [0.25, 0.3) is 0 Å². The molecule has 12 heavy (non-hydrogen) atoms. The van der Waals surface area contributed by atoms with Crippen LogP contribution in [0, 0.1) is 17.8 Å². The van der Waals surface area contributed by atoms with Crippen LogP contribution < -0.4 is 0 Å². The van der Waals surface area contributed by atoms with Gasteiger partial charge in [-0.1, -0.05) is 13.3 Å². The quantitative estimate of drug-likeness (QED) is 0.658. The second-order valence-electron chi connectivity index (χ2n) is 3.20. The van der Waals surface area contributed by atoms with Gasteiger partial charge in [0.15, 0.2) is 0 Å². The molecule has 0 aromatic heterocycles. The lowest BCUT2D eigenvalue weighted by Crippen LogP contribution is -2.03. The zero-order valence-corrected chi connectivity index (χ0v) is 6.86. The lowest BCUT2D eigenvalue weighted by atomic mass is 10.2. The molecule has 1 aliphatic carbocycles. The Bertz CT molecular complexity index is 211. The fraction of sp³-hybridized carbons (Fsp3) is 0.750. The minimum absolute atomic E-state index is 0.00449. The fourth-order valence-corrected chi connectivity index (χ4v) is 1.85. The molecule has 0 heterocycles. The van der Waals surface area contributed by atoms with Gasteiger partial charge in [-0.25, -0.2) is 0 Å². The summed E-state index contributed by atoms with van der Waals surface area (Å²) in [4.78, 5) is 20.8. The van der Waals surface area contributed by atoms with Gasteiger partial charge in [0.1, 0.15) is 0 Å². The summed E-state index contributed by atoms with van der Waals surface area (Å²) in [5.41, 5.74) is 0. The van der Waals surface area contributed by atoms with Crippen LogP contribution in [0.1, 0.15) is 19.8 Å². The van der Waals surface area contributed by atoms with Crippen molar-refractivity contribution in [3.05, 3.63) is 0 Å². The van der Waals surface area contributed by atoms with Crippen LogP contribution in [0.2, 0.25) is 0 Å². The summed E-state index contributed by atoms with van der Waals surface area (Å²) < 4.78 is 0. The molecule has 3 unspecified atom stereocenters. The third kappa shape index (κ3) is 1.57. The number of aliphatic carboxylic acids is 2. The first kappa shape index (κ1) is 9.03. The smallest absolute Gasteiger partial charge is 0.307 e. The second-order valence-corrected chi connectivity index (χ2v) is 3.20. The van der Waals surface area contributed by atoms with Crippen LogP contribution in [0.3, 0.4) is 0 Å². The van der Waals surface area contributed by atoms with E-state index in [0.717, 1.165) is 6.42 Å². The summed E-state index contributed by atoms with van der Waals surface area (Å²) in [7, 11) is 0. The molecule has 0 aromatic rings. The van der Waals surface area contributed by atoms with E-state index in [1.54, 1.807) is 0 Å². The zero-order chi connectivity index (χ0) is 9.30. The van der Waals surface area contributed by atoms with Crippen LogP contribution >= 0.6 is 0 Å². The Morgan fingerprint density at radius 1 is 1.25 bits per heavy atom. The Hall–Kier alpha value is -1.06. The molecule has 0 aliphatic heterocycles. The summed E-state index contributed by atoms with van der Waals surface area (Å²) >= 11 is 0. The lowest BCUT2D eigenvalue weighted by Gasteiger charge is -1.89. The van der Waals surface area contributed by atoms with Gasteiger partial charge in [-0.15, -0.1) is 0 Å². The van der Waals surface area contributed by atoms with Gasteiger partial charge in [-0.2, -0.15) is 0 Å². The standard InChI is InChI=1S/C8H12O4/c1-2-4-5(3-6(9)10)7(4)8(11)12/h4-5,7H,2-3H2,1H3,(H,9,10)(H,11,12). The minimum Gasteiger partial charge on any atom is -0.481 e. The summed E-state index contributed by atoms with van der Waals surface area (Å²) in [5.74, 6) is -2.22. The highest BCUT2D eigenvalue weighted by molar-refractivity contribution is 5.77. The predicted molar refractivity (Wildman–Crippen MR) is 40.6 cm³/mol. The van der Waals surface area contributed by atoms with Gasteiger partial charge in [-0.3, -0.25) is 9.59 Å². The van der Waals surface area contributed by atoms with Crippen LogP contribution in [0.4, 0.5) is 0 Å². The Morgan fingerprint density at radius 3 is 2.08 bits per heavy atom. The van der Waals surface area contributed by atoms with Crippen molar-refractivity contribution in [2.45, 2.75) is 19.8 Å². The maximum absolute atomic E-state index is 10.5. The van der Waals surface area contributed by atoms with Crippen molar-refractivity contribution in [2.24, 2.45) is 17.8 Å². The van der Waals surface area contributed by atoms with Crippen LogP contribution in [-0.2, 0) is 9.59 Å². The van der Waals surface area contributed by atoms with Gasteiger partial charge in [0, 0.05) is 6.42 Å². The van der Waals surface area contributed by atoms with E-state index in [1.807, 2.05) is 6.92 Å². The molecule has 0 amide bonds. The number of carboxylic acids is 2. The monoisotopic (exact) mass is 172 g/mol. The molecule has 0 bridgehead atoms. The van der Waals surface area contributed by atoms with E-state index < -0.39 is 17.9 Å². The SMILES string of the molecule is CCC1C(CC(=O)O)C1C(=O)O. The molecule has 1 aliphatic rings. The van der Waals surface area contributed by atoms with Gasteiger partial charge < -0.3 is 10.2 Å². The summed E-state index contributed by atoms with van der Waals surface area (Å²) in [5, 5.41) is 17.1. The molecular formula is C8H12O4. The van der Waals surface area contributed by atoms with Crippen LogP contribution in [-0.4, -0.2) is 22.2 Å². The first-order chi connectivity index (χ1) is 5.57. The van der Waals surface area contributed by atoms with Crippen LogP contribution in [0.5, 0.6) is 0 Å². The highest BCUT2D eigenvalue weighted by Crippen LogP contribution is 2.50. The average molecular weight is 172 g/mol. The van der Waals surface area contributed by atoms with Crippen molar-refractivity contribution in [1.29, 1.82) is 0 Å². The molecule has 0 aromatic carbocycles. The topological polar surface area (TPSA) is 74.6 Å². The van der Waals surface area contributed by atoms with E-state index in [0.29, 0.717) is 0 Å². The summed E-state index contributed by atoms with van der Waals surface area (Å²) in [6, 6.07) is 0. The largest absolute Gasteiger partial charge is 0.481 e.